The molecule has 2 aromatic heterocycles. The van der Waals surface area contributed by atoms with Gasteiger partial charge in [-0.1, -0.05) is 0 Å². The predicted molar refractivity (Wildman–Crippen MR) is 132 cm³/mol. The second-order valence-corrected chi connectivity index (χ2v) is 9.37. The number of likely N-dealkylation sites (tertiary alicyclic amines) is 1. The van der Waals surface area contributed by atoms with E-state index >= 15 is 0 Å². The number of fused-ring (bicyclic) bond motifs is 1. The molecule has 0 radical (unpaired) electrons. The molecule has 0 aliphatic carbocycles. The molecule has 186 valence electrons. The highest BCUT2D eigenvalue weighted by Crippen LogP contribution is 2.35. The Morgan fingerprint density at radius 2 is 1.83 bits per heavy atom. The van der Waals surface area contributed by atoms with Crippen LogP contribution >= 0.6 is 12.4 Å². The zero-order valence-electron chi connectivity index (χ0n) is 19.4. The maximum atomic E-state index is 14.9. The Bertz CT molecular complexity index is 1280. The molecule has 3 aliphatic rings. The Labute approximate surface area is 208 Å². The standard InChI is InChI=1S/C25H28FN5O3.ClH/c26-20-3-1-16-2-4-22(32)31-10-5-17(23(20)24(16)31)15-30-8-6-18(7-9-30)27-14-19-13-21-25(29-28-19)34-12-11-33-21;/h1-4,13,17-18,27H,5-12,14-15H2;1H. The summed E-state index contributed by atoms with van der Waals surface area (Å²) in [7, 11) is 0. The lowest BCUT2D eigenvalue weighted by Crippen LogP contribution is -2.44. The van der Waals surface area contributed by atoms with E-state index in [-0.39, 0.29) is 29.7 Å². The number of benzene rings is 1. The van der Waals surface area contributed by atoms with E-state index in [2.05, 4.69) is 20.4 Å². The number of hydrogen-bond acceptors (Lipinski definition) is 7. The van der Waals surface area contributed by atoms with Gasteiger partial charge >= 0.3 is 0 Å². The van der Waals surface area contributed by atoms with Gasteiger partial charge in [0.05, 0.1) is 11.2 Å². The highest BCUT2D eigenvalue weighted by atomic mass is 35.5. The smallest absolute Gasteiger partial charge is 0.276 e. The van der Waals surface area contributed by atoms with E-state index in [4.69, 9.17) is 9.47 Å². The summed E-state index contributed by atoms with van der Waals surface area (Å²) in [5.41, 5.74) is 2.28. The number of hydrogen-bond donors (Lipinski definition) is 1. The molecule has 0 bridgehead atoms. The first-order chi connectivity index (χ1) is 16.7. The summed E-state index contributed by atoms with van der Waals surface area (Å²) in [6, 6.07) is 9.00. The van der Waals surface area contributed by atoms with Gasteiger partial charge in [-0.05, 0) is 55.9 Å². The molecular weight excluding hydrogens is 473 g/mol. The second kappa shape index (κ2) is 10.1. The van der Waals surface area contributed by atoms with Crippen molar-refractivity contribution in [3.63, 3.8) is 0 Å². The first-order valence-corrected chi connectivity index (χ1v) is 12.1. The van der Waals surface area contributed by atoms with Crippen LogP contribution in [0.15, 0.2) is 35.1 Å². The molecule has 0 saturated carbocycles. The van der Waals surface area contributed by atoms with Gasteiger partial charge in [0.2, 0.25) is 0 Å². The van der Waals surface area contributed by atoms with Crippen LogP contribution in [-0.2, 0) is 13.1 Å². The summed E-state index contributed by atoms with van der Waals surface area (Å²) in [6.07, 6.45) is 2.83. The van der Waals surface area contributed by atoms with Crippen LogP contribution < -0.4 is 20.3 Å². The van der Waals surface area contributed by atoms with Gasteiger partial charge in [0.25, 0.3) is 11.4 Å². The molecule has 5 heterocycles. The van der Waals surface area contributed by atoms with Crippen molar-refractivity contribution >= 4 is 23.3 Å². The molecule has 1 saturated heterocycles. The number of halogens is 2. The summed E-state index contributed by atoms with van der Waals surface area (Å²) in [6.45, 7) is 5.05. The van der Waals surface area contributed by atoms with Crippen molar-refractivity contribution in [3.8, 4) is 11.6 Å². The van der Waals surface area contributed by atoms with Crippen LogP contribution in [0.4, 0.5) is 4.39 Å². The number of pyridine rings is 1. The minimum atomic E-state index is -0.200. The first kappa shape index (κ1) is 24.0. The summed E-state index contributed by atoms with van der Waals surface area (Å²) >= 11 is 0. The van der Waals surface area contributed by atoms with Crippen molar-refractivity contribution in [2.75, 3.05) is 32.8 Å². The number of rotatable bonds is 5. The number of piperidine rings is 1. The van der Waals surface area contributed by atoms with E-state index in [1.807, 2.05) is 12.1 Å². The molecule has 1 unspecified atom stereocenters. The average molecular weight is 502 g/mol. The average Bonchev–Trinajstić information content (AvgIpc) is 2.87. The number of nitrogens with zero attached hydrogens (tertiary/aromatic N) is 4. The Morgan fingerprint density at radius 3 is 2.69 bits per heavy atom. The Kier molecular flexibility index (Phi) is 6.91. The van der Waals surface area contributed by atoms with Crippen molar-refractivity contribution in [2.24, 2.45) is 0 Å². The first-order valence-electron chi connectivity index (χ1n) is 12.1. The van der Waals surface area contributed by atoms with Gasteiger partial charge in [0, 0.05) is 49.3 Å². The molecule has 1 fully saturated rings. The third-order valence-corrected chi connectivity index (χ3v) is 7.24. The highest BCUT2D eigenvalue weighted by Gasteiger charge is 2.29. The fourth-order valence-corrected chi connectivity index (χ4v) is 5.48. The molecule has 10 heteroatoms. The fraction of sp³-hybridized carbons (Fsp3) is 0.480. The van der Waals surface area contributed by atoms with Crippen molar-refractivity contribution < 1.29 is 13.9 Å². The van der Waals surface area contributed by atoms with Crippen molar-refractivity contribution in [1.82, 2.24) is 25.0 Å². The van der Waals surface area contributed by atoms with Crippen LogP contribution in [0.2, 0.25) is 0 Å². The molecule has 1 aromatic carbocycles. The van der Waals surface area contributed by atoms with Crippen molar-refractivity contribution in [3.05, 3.63) is 57.8 Å². The topological polar surface area (TPSA) is 81.5 Å². The summed E-state index contributed by atoms with van der Waals surface area (Å²) in [5, 5.41) is 12.9. The molecule has 35 heavy (non-hydrogen) atoms. The molecule has 0 spiro atoms. The zero-order valence-corrected chi connectivity index (χ0v) is 20.2. The van der Waals surface area contributed by atoms with Gasteiger partial charge in [-0.3, -0.25) is 4.79 Å². The van der Waals surface area contributed by atoms with Gasteiger partial charge in [-0.15, -0.1) is 17.5 Å². The van der Waals surface area contributed by atoms with E-state index < -0.39 is 0 Å². The third-order valence-electron chi connectivity index (χ3n) is 7.24. The van der Waals surface area contributed by atoms with Gasteiger partial charge in [0.1, 0.15) is 19.0 Å². The SMILES string of the molecule is Cl.O=c1ccc2ccc(F)c3c2n1CCC3CN1CCC(NCc2cc3c(nn2)OCCO3)CC1. The lowest BCUT2D eigenvalue weighted by Gasteiger charge is -2.36. The largest absolute Gasteiger partial charge is 0.484 e. The van der Waals surface area contributed by atoms with E-state index in [9.17, 15) is 9.18 Å². The summed E-state index contributed by atoms with van der Waals surface area (Å²) in [5.74, 6) is 1.02. The van der Waals surface area contributed by atoms with Crippen molar-refractivity contribution in [2.45, 2.75) is 44.3 Å². The minimum absolute atomic E-state index is 0. The molecule has 6 rings (SSSR count). The maximum Gasteiger partial charge on any atom is 0.276 e. The van der Waals surface area contributed by atoms with E-state index in [0.29, 0.717) is 49.5 Å². The zero-order chi connectivity index (χ0) is 23.1. The second-order valence-electron chi connectivity index (χ2n) is 9.37. The molecule has 1 atom stereocenters. The Balaban J connectivity index is 0.00000253. The number of ether oxygens (including phenoxy) is 2. The van der Waals surface area contributed by atoms with E-state index in [0.717, 1.165) is 55.5 Å². The van der Waals surface area contributed by atoms with Gasteiger partial charge in [0.15, 0.2) is 5.75 Å². The predicted octanol–water partition coefficient (Wildman–Crippen LogP) is 2.87. The van der Waals surface area contributed by atoms with Crippen LogP contribution in [0.1, 0.15) is 36.4 Å². The number of nitrogens with one attached hydrogen (secondary N) is 1. The van der Waals surface area contributed by atoms with Gasteiger partial charge in [-0.25, -0.2) is 4.39 Å². The molecular formula is C25H29ClFN5O3. The van der Waals surface area contributed by atoms with Crippen LogP contribution in [0, 0.1) is 5.82 Å². The van der Waals surface area contributed by atoms with Gasteiger partial charge in [-0.2, -0.15) is 5.10 Å². The monoisotopic (exact) mass is 501 g/mol. The van der Waals surface area contributed by atoms with E-state index in [1.165, 1.54) is 0 Å². The van der Waals surface area contributed by atoms with Crippen LogP contribution in [0.25, 0.3) is 10.9 Å². The lowest BCUT2D eigenvalue weighted by atomic mass is 9.88. The molecule has 1 N–H and O–H groups in total. The minimum Gasteiger partial charge on any atom is -0.484 e. The third kappa shape index (κ3) is 4.72. The molecule has 8 nitrogen and oxygen atoms in total. The van der Waals surface area contributed by atoms with Crippen LogP contribution in [-0.4, -0.2) is 58.6 Å². The van der Waals surface area contributed by atoms with Crippen LogP contribution in [0.3, 0.4) is 0 Å². The van der Waals surface area contributed by atoms with Crippen LogP contribution in [0.5, 0.6) is 11.6 Å². The maximum absolute atomic E-state index is 14.9. The fourth-order valence-electron chi connectivity index (χ4n) is 5.48. The highest BCUT2D eigenvalue weighted by molar-refractivity contribution is 5.85. The summed E-state index contributed by atoms with van der Waals surface area (Å²) in [4.78, 5) is 14.8. The number of aromatic nitrogens is 3. The Morgan fingerprint density at radius 1 is 1.03 bits per heavy atom. The van der Waals surface area contributed by atoms with E-state index in [1.54, 1.807) is 22.8 Å². The Hall–Kier alpha value is -2.75. The lowest BCUT2D eigenvalue weighted by molar-refractivity contribution is 0.161. The summed E-state index contributed by atoms with van der Waals surface area (Å²) < 4.78 is 27.7. The molecule has 3 aliphatic heterocycles. The quantitative estimate of drug-likeness (QED) is 0.575. The molecule has 3 aromatic rings. The van der Waals surface area contributed by atoms with Gasteiger partial charge < -0.3 is 24.3 Å². The van der Waals surface area contributed by atoms with Crippen molar-refractivity contribution in [1.29, 1.82) is 0 Å². The number of aryl methyl sites for hydroxylation is 1. The molecule has 0 amide bonds. The normalized spacial score (nSPS) is 20.0.